The lowest BCUT2D eigenvalue weighted by Crippen LogP contribution is -2.12. The molecule has 0 unspecified atom stereocenters. The van der Waals surface area contributed by atoms with Gasteiger partial charge in [0.05, 0.1) is 30.5 Å². The highest BCUT2D eigenvalue weighted by atomic mass is 32.1. The van der Waals surface area contributed by atoms with E-state index >= 15 is 0 Å². The van der Waals surface area contributed by atoms with Crippen LogP contribution in [-0.2, 0) is 0 Å². The summed E-state index contributed by atoms with van der Waals surface area (Å²) in [5, 5.41) is 3.09. The second-order valence-corrected chi connectivity index (χ2v) is 7.07. The molecule has 0 aliphatic carbocycles. The van der Waals surface area contributed by atoms with Crippen LogP contribution in [0.1, 0.15) is 16.8 Å². The normalized spacial score (nSPS) is 13.2. The van der Waals surface area contributed by atoms with Crippen LogP contribution in [0.2, 0.25) is 0 Å². The molecule has 152 valence electrons. The van der Waals surface area contributed by atoms with Crippen LogP contribution in [0.15, 0.2) is 30.3 Å². The molecular weight excluding hydrogens is 406 g/mol. The number of rotatable bonds is 5. The van der Waals surface area contributed by atoms with Gasteiger partial charge in [0.15, 0.2) is 28.1 Å². The number of anilines is 1. The third-order valence-corrected chi connectivity index (χ3v) is 5.05. The molecule has 1 aromatic heterocycles. The van der Waals surface area contributed by atoms with Crippen molar-refractivity contribution in [2.24, 2.45) is 0 Å². The van der Waals surface area contributed by atoms with E-state index in [-0.39, 0.29) is 17.1 Å². The monoisotopic (exact) mass is 422 g/mol. The Morgan fingerprint density at radius 2 is 1.93 bits per heavy atom. The quantitative estimate of drug-likeness (QED) is 0.660. The average molecular weight is 422 g/mol. The van der Waals surface area contributed by atoms with Gasteiger partial charge in [0.2, 0.25) is 0 Å². The van der Waals surface area contributed by atoms with Crippen molar-refractivity contribution in [3.63, 3.8) is 0 Å². The largest absolute Gasteiger partial charge is 0.493 e. The summed E-state index contributed by atoms with van der Waals surface area (Å²) in [6.45, 7) is -1.85. The van der Waals surface area contributed by atoms with Crippen molar-refractivity contribution < 1.29 is 32.5 Å². The van der Waals surface area contributed by atoms with Crippen LogP contribution in [0.3, 0.4) is 0 Å². The van der Waals surface area contributed by atoms with E-state index in [1.807, 2.05) is 6.07 Å². The van der Waals surface area contributed by atoms with Crippen LogP contribution in [0.4, 0.5) is 13.9 Å². The number of fused-ring (bicyclic) bond motifs is 2. The highest BCUT2D eigenvalue weighted by molar-refractivity contribution is 7.22. The lowest BCUT2D eigenvalue weighted by atomic mass is 10.2. The first-order chi connectivity index (χ1) is 14.0. The van der Waals surface area contributed by atoms with Crippen LogP contribution in [0, 0.1) is 0 Å². The van der Waals surface area contributed by atoms with Gasteiger partial charge in [-0.3, -0.25) is 10.1 Å². The molecule has 0 spiro atoms. The Morgan fingerprint density at radius 3 is 2.66 bits per heavy atom. The minimum absolute atomic E-state index is 0.0280. The molecule has 1 N–H and O–H groups in total. The predicted octanol–water partition coefficient (Wildman–Crippen LogP) is 4.32. The van der Waals surface area contributed by atoms with E-state index in [9.17, 15) is 13.6 Å². The number of ether oxygens (including phenoxy) is 4. The average Bonchev–Trinajstić information content (AvgIpc) is 2.93. The molecule has 3 aromatic rings. The number of alkyl halides is 2. The molecular formula is C19H16F2N2O5S. The van der Waals surface area contributed by atoms with Crippen molar-refractivity contribution in [1.82, 2.24) is 4.98 Å². The molecule has 1 aliphatic heterocycles. The van der Waals surface area contributed by atoms with Crippen LogP contribution < -0.4 is 24.3 Å². The second-order valence-electron chi connectivity index (χ2n) is 6.03. The number of nitrogens with zero attached hydrogens (tertiary/aromatic N) is 1. The van der Waals surface area contributed by atoms with E-state index in [0.717, 1.165) is 11.1 Å². The van der Waals surface area contributed by atoms with Crippen LogP contribution in [0.5, 0.6) is 23.0 Å². The maximum Gasteiger partial charge on any atom is 0.387 e. The molecule has 0 saturated heterocycles. The molecule has 29 heavy (non-hydrogen) atoms. The molecule has 0 bridgehead atoms. The zero-order valence-corrected chi connectivity index (χ0v) is 16.1. The van der Waals surface area contributed by atoms with Gasteiger partial charge in [-0.15, -0.1) is 0 Å². The van der Waals surface area contributed by atoms with Gasteiger partial charge in [0, 0.05) is 24.1 Å². The van der Waals surface area contributed by atoms with E-state index in [4.69, 9.17) is 14.2 Å². The SMILES string of the molecule is COc1cc(C(=O)Nc2nc3cc4c(cc3s2)OCCCO4)ccc1OC(F)F. The maximum absolute atomic E-state index is 12.6. The first kappa shape index (κ1) is 19.2. The van der Waals surface area contributed by atoms with Crippen molar-refractivity contribution in [1.29, 1.82) is 0 Å². The van der Waals surface area contributed by atoms with Gasteiger partial charge < -0.3 is 18.9 Å². The van der Waals surface area contributed by atoms with Gasteiger partial charge in [0.25, 0.3) is 5.91 Å². The van der Waals surface area contributed by atoms with Crippen LogP contribution >= 0.6 is 11.3 Å². The number of aromatic nitrogens is 1. The number of carbonyl (C=O) groups is 1. The number of hydrogen-bond donors (Lipinski definition) is 1. The Hall–Kier alpha value is -3.14. The Morgan fingerprint density at radius 1 is 1.17 bits per heavy atom. The number of hydrogen-bond acceptors (Lipinski definition) is 7. The van der Waals surface area contributed by atoms with E-state index in [1.165, 1.54) is 36.6 Å². The van der Waals surface area contributed by atoms with Crippen molar-refractivity contribution in [3.05, 3.63) is 35.9 Å². The molecule has 0 fully saturated rings. The Balaban J connectivity index is 1.55. The number of carbonyl (C=O) groups excluding carboxylic acids is 1. The molecule has 1 aliphatic rings. The minimum atomic E-state index is -2.99. The Bertz CT molecular complexity index is 1010. The van der Waals surface area contributed by atoms with Crippen molar-refractivity contribution >= 4 is 32.6 Å². The third-order valence-electron chi connectivity index (χ3n) is 4.12. The summed E-state index contributed by atoms with van der Waals surface area (Å²) in [7, 11) is 1.30. The number of amides is 1. The molecule has 4 rings (SSSR count). The fraction of sp³-hybridized carbons (Fsp3) is 0.263. The van der Waals surface area contributed by atoms with Gasteiger partial charge in [0.1, 0.15) is 0 Å². The highest BCUT2D eigenvalue weighted by Gasteiger charge is 2.17. The zero-order valence-electron chi connectivity index (χ0n) is 15.2. The Labute approximate surface area is 168 Å². The molecule has 1 amide bonds. The summed E-state index contributed by atoms with van der Waals surface area (Å²) >= 11 is 1.29. The summed E-state index contributed by atoms with van der Waals surface area (Å²) in [4.78, 5) is 17.0. The van der Waals surface area contributed by atoms with Gasteiger partial charge in [-0.2, -0.15) is 8.78 Å². The standard InChI is InChI=1S/C19H16F2N2O5S/c1-25-13-7-10(3-4-12(13)28-18(20)21)17(24)23-19-22-11-8-14-15(9-16(11)29-19)27-6-2-5-26-14/h3-4,7-9,18H,2,5-6H2,1H3,(H,22,23,24). The first-order valence-electron chi connectivity index (χ1n) is 8.68. The molecule has 0 saturated carbocycles. The summed E-state index contributed by atoms with van der Waals surface area (Å²) in [6, 6.07) is 7.56. The van der Waals surface area contributed by atoms with E-state index < -0.39 is 12.5 Å². The van der Waals surface area contributed by atoms with Crippen molar-refractivity contribution in [2.75, 3.05) is 25.6 Å². The van der Waals surface area contributed by atoms with Crippen LogP contribution in [0.25, 0.3) is 10.2 Å². The Kier molecular flexibility index (Phi) is 5.34. The van der Waals surface area contributed by atoms with Crippen molar-refractivity contribution in [3.8, 4) is 23.0 Å². The van der Waals surface area contributed by atoms with E-state index in [0.29, 0.717) is 35.4 Å². The maximum atomic E-state index is 12.6. The lowest BCUT2D eigenvalue weighted by molar-refractivity contribution is -0.0512. The third kappa shape index (κ3) is 4.16. The fourth-order valence-electron chi connectivity index (χ4n) is 2.81. The number of nitrogens with one attached hydrogen (secondary N) is 1. The molecule has 0 atom stereocenters. The summed E-state index contributed by atoms with van der Waals surface area (Å²) in [6.07, 6.45) is 0.807. The first-order valence-corrected chi connectivity index (χ1v) is 9.49. The number of benzene rings is 2. The number of methoxy groups -OCH3 is 1. The minimum Gasteiger partial charge on any atom is -0.493 e. The smallest absolute Gasteiger partial charge is 0.387 e. The topological polar surface area (TPSA) is 78.9 Å². The summed E-state index contributed by atoms with van der Waals surface area (Å²) in [5.41, 5.74) is 0.887. The molecule has 10 heteroatoms. The molecule has 2 heterocycles. The summed E-state index contributed by atoms with van der Waals surface area (Å²) in [5.74, 6) is 0.689. The zero-order chi connectivity index (χ0) is 20.4. The number of halogens is 2. The predicted molar refractivity (Wildman–Crippen MR) is 103 cm³/mol. The molecule has 0 radical (unpaired) electrons. The van der Waals surface area contributed by atoms with E-state index in [1.54, 1.807) is 6.07 Å². The van der Waals surface area contributed by atoms with Gasteiger partial charge in [-0.05, 0) is 18.2 Å². The second kappa shape index (κ2) is 8.08. The van der Waals surface area contributed by atoms with Crippen LogP contribution in [-0.4, -0.2) is 37.8 Å². The van der Waals surface area contributed by atoms with Crippen molar-refractivity contribution in [2.45, 2.75) is 13.0 Å². The molecule has 7 nitrogen and oxygen atoms in total. The highest BCUT2D eigenvalue weighted by Crippen LogP contribution is 2.38. The van der Waals surface area contributed by atoms with Gasteiger partial charge in [-0.25, -0.2) is 4.98 Å². The van der Waals surface area contributed by atoms with E-state index in [2.05, 4.69) is 15.0 Å². The van der Waals surface area contributed by atoms with Gasteiger partial charge in [-0.1, -0.05) is 11.3 Å². The molecule has 2 aromatic carbocycles. The number of thiazole rings is 1. The summed E-state index contributed by atoms with van der Waals surface area (Å²) < 4.78 is 46.4. The lowest BCUT2D eigenvalue weighted by Gasteiger charge is -2.11. The van der Waals surface area contributed by atoms with Gasteiger partial charge >= 0.3 is 6.61 Å². The fourth-order valence-corrected chi connectivity index (χ4v) is 3.68.